The molecule has 19 heavy (non-hydrogen) atoms. The first-order chi connectivity index (χ1) is 8.72. The number of rotatable bonds is 6. The van der Waals surface area contributed by atoms with Gasteiger partial charge >= 0.3 is 0 Å². The molecule has 0 radical (unpaired) electrons. The summed E-state index contributed by atoms with van der Waals surface area (Å²) < 4.78 is 26.6. The Balaban J connectivity index is 2.95. The summed E-state index contributed by atoms with van der Waals surface area (Å²) in [6.45, 7) is 3.95. The third kappa shape index (κ3) is 4.65. The molecule has 0 atom stereocenters. The van der Waals surface area contributed by atoms with Crippen LogP contribution in [0, 0.1) is 0 Å². The van der Waals surface area contributed by atoms with Crippen LogP contribution in [0.15, 0.2) is 23.1 Å². The predicted octanol–water partition coefficient (Wildman–Crippen LogP) is 2.25. The molecule has 1 rings (SSSR count). The van der Waals surface area contributed by atoms with Crippen LogP contribution in [0.1, 0.15) is 19.4 Å². The van der Waals surface area contributed by atoms with Gasteiger partial charge in [-0.2, -0.15) is 11.8 Å². The molecule has 0 fully saturated rings. The zero-order valence-electron chi connectivity index (χ0n) is 11.1. The molecule has 4 nitrogen and oxygen atoms in total. The summed E-state index contributed by atoms with van der Waals surface area (Å²) in [5.74, 6) is 0. The molecule has 0 heterocycles. The summed E-state index contributed by atoms with van der Waals surface area (Å²) in [5, 5.41) is 9.46. The van der Waals surface area contributed by atoms with Crippen LogP contribution in [-0.2, 0) is 16.6 Å². The first-order valence-electron chi connectivity index (χ1n) is 5.66. The minimum absolute atomic E-state index is 0.109. The van der Waals surface area contributed by atoms with Crippen molar-refractivity contribution in [2.24, 2.45) is 0 Å². The van der Waals surface area contributed by atoms with Gasteiger partial charge in [0.05, 0.1) is 11.5 Å². The summed E-state index contributed by atoms with van der Waals surface area (Å²) in [4.78, 5) is 0.109. The average molecular weight is 324 g/mol. The lowest BCUT2D eigenvalue weighted by atomic mass is 10.2. The molecule has 0 amide bonds. The van der Waals surface area contributed by atoms with E-state index in [0.29, 0.717) is 17.1 Å². The summed E-state index contributed by atoms with van der Waals surface area (Å²) >= 11 is 7.42. The van der Waals surface area contributed by atoms with Crippen molar-refractivity contribution in [2.75, 3.05) is 12.8 Å². The van der Waals surface area contributed by atoms with Gasteiger partial charge < -0.3 is 5.11 Å². The van der Waals surface area contributed by atoms with Gasteiger partial charge in [-0.05, 0) is 43.9 Å². The highest BCUT2D eigenvalue weighted by molar-refractivity contribution is 8.00. The monoisotopic (exact) mass is 323 g/mol. The maximum Gasteiger partial charge on any atom is 0.240 e. The minimum Gasteiger partial charge on any atom is -0.392 e. The van der Waals surface area contributed by atoms with Crippen LogP contribution in [0.5, 0.6) is 0 Å². The van der Waals surface area contributed by atoms with Gasteiger partial charge in [-0.3, -0.25) is 0 Å². The van der Waals surface area contributed by atoms with E-state index in [0.717, 1.165) is 0 Å². The van der Waals surface area contributed by atoms with Crippen molar-refractivity contribution in [3.05, 3.63) is 28.8 Å². The second kappa shape index (κ2) is 6.45. The zero-order valence-corrected chi connectivity index (χ0v) is 13.5. The number of thioether (sulfide) groups is 1. The molecule has 0 aliphatic carbocycles. The normalized spacial score (nSPS) is 12.7. The van der Waals surface area contributed by atoms with Crippen LogP contribution < -0.4 is 4.72 Å². The van der Waals surface area contributed by atoms with E-state index in [-0.39, 0.29) is 16.2 Å². The van der Waals surface area contributed by atoms with Crippen molar-refractivity contribution < 1.29 is 13.5 Å². The Kier molecular flexibility index (Phi) is 5.70. The Morgan fingerprint density at radius 2 is 2.05 bits per heavy atom. The minimum atomic E-state index is -3.59. The van der Waals surface area contributed by atoms with Crippen molar-refractivity contribution in [3.8, 4) is 0 Å². The number of sulfonamides is 1. The molecular formula is C12H18ClNO3S2. The van der Waals surface area contributed by atoms with E-state index in [2.05, 4.69) is 4.72 Å². The number of nitrogens with one attached hydrogen (secondary N) is 1. The fourth-order valence-corrected chi connectivity index (χ4v) is 3.01. The Hall–Kier alpha value is -0.270. The van der Waals surface area contributed by atoms with Gasteiger partial charge in [0.1, 0.15) is 0 Å². The van der Waals surface area contributed by atoms with Crippen molar-refractivity contribution >= 4 is 33.4 Å². The lowest BCUT2D eigenvalue weighted by Crippen LogP contribution is -2.36. The third-order valence-electron chi connectivity index (χ3n) is 2.74. The highest BCUT2D eigenvalue weighted by Crippen LogP contribution is 2.23. The second-order valence-electron chi connectivity index (χ2n) is 4.70. The smallest absolute Gasteiger partial charge is 0.240 e. The topological polar surface area (TPSA) is 66.4 Å². The maximum absolute atomic E-state index is 12.1. The second-order valence-corrected chi connectivity index (χ2v) is 8.39. The summed E-state index contributed by atoms with van der Waals surface area (Å²) in [5.41, 5.74) is 0.397. The number of hydrogen-bond donors (Lipinski definition) is 2. The molecule has 0 bridgehead atoms. The van der Waals surface area contributed by atoms with Crippen LogP contribution in [0.3, 0.4) is 0 Å². The van der Waals surface area contributed by atoms with Crippen LogP contribution in [-0.4, -0.2) is 31.1 Å². The molecule has 1 aromatic carbocycles. The molecule has 0 saturated carbocycles. The lowest BCUT2D eigenvalue weighted by molar-refractivity contribution is 0.281. The Morgan fingerprint density at radius 3 is 2.58 bits per heavy atom. The molecular weight excluding hydrogens is 306 g/mol. The molecule has 0 aliphatic heterocycles. The van der Waals surface area contributed by atoms with E-state index in [1.807, 2.05) is 20.1 Å². The lowest BCUT2D eigenvalue weighted by Gasteiger charge is -2.22. The SMILES string of the molecule is CSC(C)(C)CNS(=O)(=O)c1ccc(Cl)c(CO)c1. The van der Waals surface area contributed by atoms with E-state index < -0.39 is 10.0 Å². The van der Waals surface area contributed by atoms with Crippen molar-refractivity contribution in [1.82, 2.24) is 4.72 Å². The van der Waals surface area contributed by atoms with Gasteiger partial charge in [0.15, 0.2) is 0 Å². The van der Waals surface area contributed by atoms with Crippen LogP contribution in [0.4, 0.5) is 0 Å². The van der Waals surface area contributed by atoms with E-state index in [9.17, 15) is 8.42 Å². The molecule has 0 saturated heterocycles. The van der Waals surface area contributed by atoms with Crippen molar-refractivity contribution in [2.45, 2.75) is 30.1 Å². The Labute approximate surface area is 123 Å². The number of benzene rings is 1. The number of aliphatic hydroxyl groups excluding tert-OH is 1. The summed E-state index contributed by atoms with van der Waals surface area (Å²) in [7, 11) is -3.59. The third-order valence-corrected chi connectivity index (χ3v) is 5.76. The van der Waals surface area contributed by atoms with Crippen molar-refractivity contribution in [3.63, 3.8) is 0 Å². The number of aliphatic hydroxyl groups is 1. The molecule has 108 valence electrons. The first-order valence-corrected chi connectivity index (χ1v) is 8.74. The van der Waals surface area contributed by atoms with Gasteiger partial charge in [0.25, 0.3) is 0 Å². The van der Waals surface area contributed by atoms with Crippen LogP contribution in [0.25, 0.3) is 0 Å². The van der Waals surface area contributed by atoms with Gasteiger partial charge in [-0.1, -0.05) is 11.6 Å². The molecule has 2 N–H and O–H groups in total. The highest BCUT2D eigenvalue weighted by Gasteiger charge is 2.21. The molecule has 0 aliphatic rings. The van der Waals surface area contributed by atoms with E-state index in [1.165, 1.54) is 18.2 Å². The van der Waals surface area contributed by atoms with Crippen molar-refractivity contribution in [1.29, 1.82) is 0 Å². The van der Waals surface area contributed by atoms with Gasteiger partial charge in [0.2, 0.25) is 10.0 Å². The van der Waals surface area contributed by atoms with Gasteiger partial charge in [0, 0.05) is 16.3 Å². The summed E-state index contributed by atoms with van der Waals surface area (Å²) in [6, 6.07) is 4.29. The van der Waals surface area contributed by atoms with E-state index >= 15 is 0 Å². The van der Waals surface area contributed by atoms with Gasteiger partial charge in [-0.15, -0.1) is 0 Å². The average Bonchev–Trinajstić information content (AvgIpc) is 2.37. The quantitative estimate of drug-likeness (QED) is 0.842. The molecule has 0 aromatic heterocycles. The molecule has 1 aromatic rings. The first kappa shape index (κ1) is 16.8. The van der Waals surface area contributed by atoms with Gasteiger partial charge in [-0.25, -0.2) is 13.1 Å². The Morgan fingerprint density at radius 1 is 1.42 bits per heavy atom. The summed E-state index contributed by atoms with van der Waals surface area (Å²) in [6.07, 6.45) is 1.93. The van der Waals surface area contributed by atoms with E-state index in [1.54, 1.807) is 11.8 Å². The maximum atomic E-state index is 12.1. The largest absolute Gasteiger partial charge is 0.392 e. The number of hydrogen-bond acceptors (Lipinski definition) is 4. The molecule has 7 heteroatoms. The highest BCUT2D eigenvalue weighted by atomic mass is 35.5. The standard InChI is InChI=1S/C12H18ClNO3S2/c1-12(2,18-3)8-14-19(16,17)10-4-5-11(13)9(6-10)7-15/h4-6,14-15H,7-8H2,1-3H3. The van der Waals surface area contributed by atoms with Crippen LogP contribution in [0.2, 0.25) is 5.02 Å². The predicted molar refractivity (Wildman–Crippen MR) is 80.2 cm³/mol. The molecule has 0 spiro atoms. The molecule has 0 unspecified atom stereocenters. The fourth-order valence-electron chi connectivity index (χ4n) is 1.26. The zero-order chi connectivity index (χ0) is 14.7. The Bertz CT molecular complexity index is 544. The van der Waals surface area contributed by atoms with Crippen LogP contribution >= 0.6 is 23.4 Å². The van der Waals surface area contributed by atoms with E-state index in [4.69, 9.17) is 16.7 Å². The fraction of sp³-hybridized carbons (Fsp3) is 0.500. The number of halogens is 1.